The Balaban J connectivity index is 2.06. The second kappa shape index (κ2) is 6.76. The summed E-state index contributed by atoms with van der Waals surface area (Å²) in [6.45, 7) is 0. The predicted octanol–water partition coefficient (Wildman–Crippen LogP) is 2.79. The van der Waals surface area contributed by atoms with Crippen molar-refractivity contribution in [2.24, 2.45) is 0 Å². The van der Waals surface area contributed by atoms with Crippen LogP contribution in [0.5, 0.6) is 11.8 Å². The minimum atomic E-state index is -0.493. The van der Waals surface area contributed by atoms with E-state index in [0.717, 1.165) is 0 Å². The van der Waals surface area contributed by atoms with Gasteiger partial charge in [0.15, 0.2) is 0 Å². The van der Waals surface area contributed by atoms with Crippen LogP contribution in [0.3, 0.4) is 0 Å². The lowest BCUT2D eigenvalue weighted by Gasteiger charge is -2.08. The molecule has 0 aliphatic heterocycles. The van der Waals surface area contributed by atoms with Gasteiger partial charge in [-0.25, -0.2) is 4.79 Å². The van der Waals surface area contributed by atoms with E-state index < -0.39 is 6.03 Å². The van der Waals surface area contributed by atoms with Crippen LogP contribution in [-0.4, -0.2) is 30.2 Å². The van der Waals surface area contributed by atoms with Gasteiger partial charge in [0.2, 0.25) is 17.7 Å². The summed E-state index contributed by atoms with van der Waals surface area (Å²) in [6, 6.07) is 7.70. The van der Waals surface area contributed by atoms with Crippen LogP contribution in [0.1, 0.15) is 0 Å². The number of methoxy groups -OCH3 is 2. The molecule has 0 fully saturated rings. The van der Waals surface area contributed by atoms with Crippen molar-refractivity contribution in [1.82, 2.24) is 9.97 Å². The number of hydrogen-bond acceptors (Lipinski definition) is 5. The van der Waals surface area contributed by atoms with Crippen LogP contribution in [0.4, 0.5) is 16.4 Å². The average molecular weight is 309 g/mol. The molecule has 0 unspecified atom stereocenters. The number of halogens is 1. The summed E-state index contributed by atoms with van der Waals surface area (Å²) in [5.41, 5.74) is 0.590. The highest BCUT2D eigenvalue weighted by Gasteiger charge is 2.09. The largest absolute Gasteiger partial charge is 0.481 e. The highest BCUT2D eigenvalue weighted by Crippen LogP contribution is 2.18. The van der Waals surface area contributed by atoms with Gasteiger partial charge in [0.1, 0.15) is 0 Å². The Labute approximate surface area is 126 Å². The highest BCUT2D eigenvalue weighted by atomic mass is 35.5. The minimum Gasteiger partial charge on any atom is -0.481 e. The molecule has 2 amide bonds. The topological polar surface area (TPSA) is 85.4 Å². The van der Waals surface area contributed by atoms with Crippen molar-refractivity contribution in [3.05, 3.63) is 35.4 Å². The zero-order valence-electron chi connectivity index (χ0n) is 11.4. The van der Waals surface area contributed by atoms with E-state index >= 15 is 0 Å². The summed E-state index contributed by atoms with van der Waals surface area (Å²) >= 11 is 5.77. The first kappa shape index (κ1) is 14.9. The second-order valence-corrected chi connectivity index (χ2v) is 4.30. The number of benzene rings is 1. The van der Waals surface area contributed by atoms with Crippen LogP contribution in [0.15, 0.2) is 30.3 Å². The Kier molecular flexibility index (Phi) is 4.78. The molecule has 0 aliphatic carbocycles. The molecule has 1 aromatic heterocycles. The first-order valence-electron chi connectivity index (χ1n) is 5.91. The fraction of sp³-hybridized carbons (Fsp3) is 0.154. The molecule has 0 radical (unpaired) electrons. The lowest BCUT2D eigenvalue weighted by Crippen LogP contribution is -2.21. The highest BCUT2D eigenvalue weighted by molar-refractivity contribution is 6.30. The summed E-state index contributed by atoms with van der Waals surface area (Å²) in [5, 5.41) is 5.70. The Morgan fingerprint density at radius 2 is 1.62 bits per heavy atom. The van der Waals surface area contributed by atoms with Crippen molar-refractivity contribution >= 4 is 29.3 Å². The first-order valence-corrected chi connectivity index (χ1v) is 6.29. The number of carbonyl (C=O) groups excluding carboxylic acids is 1. The number of rotatable bonds is 4. The zero-order valence-corrected chi connectivity index (χ0v) is 12.1. The number of carbonyl (C=O) groups is 1. The standard InChI is InChI=1S/C13H13ClN4O3/c1-20-10-7-11(21-2)17-12(16-10)18-13(19)15-9-5-3-8(14)4-6-9/h3-7H,1-2H3,(H2,15,16,17,18,19). The van der Waals surface area contributed by atoms with Crippen LogP contribution in [-0.2, 0) is 0 Å². The molecule has 110 valence electrons. The molecular weight excluding hydrogens is 296 g/mol. The number of amides is 2. The van der Waals surface area contributed by atoms with Gasteiger partial charge < -0.3 is 14.8 Å². The van der Waals surface area contributed by atoms with Crippen LogP contribution in [0.25, 0.3) is 0 Å². The third-order valence-electron chi connectivity index (χ3n) is 2.42. The Hall–Kier alpha value is -2.54. The van der Waals surface area contributed by atoms with E-state index in [0.29, 0.717) is 10.7 Å². The van der Waals surface area contributed by atoms with Gasteiger partial charge in [-0.3, -0.25) is 5.32 Å². The summed E-state index contributed by atoms with van der Waals surface area (Å²) in [6.07, 6.45) is 0. The van der Waals surface area contributed by atoms with Crippen LogP contribution >= 0.6 is 11.6 Å². The van der Waals surface area contributed by atoms with Gasteiger partial charge in [0.25, 0.3) is 0 Å². The third kappa shape index (κ3) is 4.22. The fourth-order valence-electron chi connectivity index (χ4n) is 1.47. The fourth-order valence-corrected chi connectivity index (χ4v) is 1.59. The molecule has 0 bridgehead atoms. The van der Waals surface area contributed by atoms with Crippen LogP contribution < -0.4 is 20.1 Å². The molecule has 21 heavy (non-hydrogen) atoms. The van der Waals surface area contributed by atoms with Gasteiger partial charge in [-0.2, -0.15) is 9.97 Å². The quantitative estimate of drug-likeness (QED) is 0.907. The van der Waals surface area contributed by atoms with Crippen molar-refractivity contribution < 1.29 is 14.3 Å². The van der Waals surface area contributed by atoms with E-state index in [1.807, 2.05) is 0 Å². The van der Waals surface area contributed by atoms with Gasteiger partial charge >= 0.3 is 6.03 Å². The number of ether oxygens (including phenoxy) is 2. The van der Waals surface area contributed by atoms with Crippen molar-refractivity contribution in [3.63, 3.8) is 0 Å². The monoisotopic (exact) mass is 308 g/mol. The molecule has 1 heterocycles. The number of nitrogens with one attached hydrogen (secondary N) is 2. The molecule has 0 spiro atoms. The Morgan fingerprint density at radius 1 is 1.05 bits per heavy atom. The van der Waals surface area contributed by atoms with E-state index in [-0.39, 0.29) is 17.7 Å². The van der Waals surface area contributed by atoms with Crippen LogP contribution in [0.2, 0.25) is 5.02 Å². The molecule has 0 saturated carbocycles. The first-order chi connectivity index (χ1) is 10.1. The maximum absolute atomic E-state index is 11.8. The Morgan fingerprint density at radius 3 is 2.14 bits per heavy atom. The maximum Gasteiger partial charge on any atom is 0.326 e. The van der Waals surface area contributed by atoms with E-state index in [2.05, 4.69) is 20.6 Å². The number of hydrogen-bond donors (Lipinski definition) is 2. The molecule has 7 nitrogen and oxygen atoms in total. The zero-order chi connectivity index (χ0) is 15.2. The normalized spacial score (nSPS) is 9.86. The molecule has 2 aromatic rings. The van der Waals surface area contributed by atoms with Crippen molar-refractivity contribution in [2.75, 3.05) is 24.9 Å². The third-order valence-corrected chi connectivity index (χ3v) is 2.68. The van der Waals surface area contributed by atoms with Crippen LogP contribution in [0, 0.1) is 0 Å². The number of aromatic nitrogens is 2. The van der Waals surface area contributed by atoms with Gasteiger partial charge in [-0.1, -0.05) is 11.6 Å². The number of nitrogens with zero attached hydrogens (tertiary/aromatic N) is 2. The number of urea groups is 1. The minimum absolute atomic E-state index is 0.0673. The molecule has 0 saturated heterocycles. The molecule has 0 aliphatic rings. The maximum atomic E-state index is 11.8. The van der Waals surface area contributed by atoms with Crippen molar-refractivity contribution in [1.29, 1.82) is 0 Å². The van der Waals surface area contributed by atoms with Crippen molar-refractivity contribution in [3.8, 4) is 11.8 Å². The predicted molar refractivity (Wildman–Crippen MR) is 79.2 cm³/mol. The van der Waals surface area contributed by atoms with E-state index in [1.165, 1.54) is 20.3 Å². The summed E-state index contributed by atoms with van der Waals surface area (Å²) in [4.78, 5) is 19.8. The van der Waals surface area contributed by atoms with E-state index in [4.69, 9.17) is 21.1 Å². The lowest BCUT2D eigenvalue weighted by atomic mass is 10.3. The van der Waals surface area contributed by atoms with E-state index in [1.54, 1.807) is 24.3 Å². The van der Waals surface area contributed by atoms with Gasteiger partial charge in [-0.15, -0.1) is 0 Å². The SMILES string of the molecule is COc1cc(OC)nc(NC(=O)Nc2ccc(Cl)cc2)n1. The smallest absolute Gasteiger partial charge is 0.326 e. The van der Waals surface area contributed by atoms with Gasteiger partial charge in [0.05, 0.1) is 20.3 Å². The molecule has 0 atom stereocenters. The average Bonchev–Trinajstić information content (AvgIpc) is 2.49. The second-order valence-electron chi connectivity index (χ2n) is 3.86. The summed E-state index contributed by atoms with van der Waals surface area (Å²) < 4.78 is 9.99. The Bertz CT molecular complexity index is 612. The van der Waals surface area contributed by atoms with Gasteiger partial charge in [-0.05, 0) is 24.3 Å². The molecule has 1 aromatic carbocycles. The molecule has 8 heteroatoms. The van der Waals surface area contributed by atoms with E-state index in [9.17, 15) is 4.79 Å². The lowest BCUT2D eigenvalue weighted by molar-refractivity contribution is 0.262. The summed E-state index contributed by atoms with van der Waals surface area (Å²) in [5.74, 6) is 0.630. The molecule has 2 rings (SSSR count). The molecular formula is C13H13ClN4O3. The molecule has 2 N–H and O–H groups in total. The number of anilines is 2. The van der Waals surface area contributed by atoms with Gasteiger partial charge in [0, 0.05) is 10.7 Å². The van der Waals surface area contributed by atoms with Crippen molar-refractivity contribution in [2.45, 2.75) is 0 Å². The summed E-state index contributed by atoms with van der Waals surface area (Å²) in [7, 11) is 2.92.